The highest BCUT2D eigenvalue weighted by Gasteiger charge is 2.82. The van der Waals surface area contributed by atoms with Gasteiger partial charge in [-0.2, -0.15) is 13.2 Å². The summed E-state index contributed by atoms with van der Waals surface area (Å²) in [5.74, 6) is -0.380. The second-order valence-electron chi connectivity index (χ2n) is 14.6. The van der Waals surface area contributed by atoms with Crippen LogP contribution in [0.25, 0.3) is 6.08 Å². The first-order chi connectivity index (χ1) is 20.9. The summed E-state index contributed by atoms with van der Waals surface area (Å²) >= 11 is 0. The number of aliphatic hydroxyl groups is 1. The maximum absolute atomic E-state index is 14.5. The summed E-state index contributed by atoms with van der Waals surface area (Å²) in [6.45, 7) is 7.45. The Morgan fingerprint density at radius 1 is 1.18 bits per heavy atom. The highest BCUT2D eigenvalue weighted by atomic mass is 19.4. The average Bonchev–Trinajstić information content (AvgIpc) is 3.71. The predicted octanol–water partition coefficient (Wildman–Crippen LogP) is 5.89. The third-order valence-corrected chi connectivity index (χ3v) is 11.7. The van der Waals surface area contributed by atoms with Crippen molar-refractivity contribution in [3.63, 3.8) is 0 Å². The molecule has 0 radical (unpaired) electrons. The first kappa shape index (κ1) is 30.1. The van der Waals surface area contributed by atoms with Gasteiger partial charge >= 0.3 is 6.18 Å². The van der Waals surface area contributed by atoms with Crippen LogP contribution in [0.4, 0.5) is 13.2 Å². The van der Waals surface area contributed by atoms with Gasteiger partial charge in [-0.3, -0.25) is 4.79 Å². The Morgan fingerprint density at radius 3 is 2.59 bits per heavy atom. The zero-order valence-electron chi connectivity index (χ0n) is 25.8. The first-order valence-corrected chi connectivity index (χ1v) is 16.3. The smallest absolute Gasteiger partial charge is 0.421 e. The van der Waals surface area contributed by atoms with Crippen LogP contribution in [0.2, 0.25) is 0 Å². The van der Waals surface area contributed by atoms with Gasteiger partial charge in [0.15, 0.2) is 0 Å². The number of rotatable bonds is 8. The summed E-state index contributed by atoms with van der Waals surface area (Å²) in [6.07, 6.45) is 5.17. The zero-order valence-corrected chi connectivity index (χ0v) is 25.8. The average molecular weight is 614 g/mol. The second kappa shape index (κ2) is 10.2. The lowest BCUT2D eigenvalue weighted by atomic mass is 9.44. The lowest BCUT2D eigenvalue weighted by Crippen LogP contribution is -2.81. The molecule has 44 heavy (non-hydrogen) atoms. The van der Waals surface area contributed by atoms with Gasteiger partial charge in [0, 0.05) is 36.0 Å². The molecule has 2 heterocycles. The number of nitrogens with zero attached hydrogens (tertiary/aromatic N) is 1. The summed E-state index contributed by atoms with van der Waals surface area (Å²) in [5.41, 5.74) is -3.45. The Hall–Kier alpha value is -2.62. The van der Waals surface area contributed by atoms with Crippen LogP contribution in [0.5, 0.6) is 0 Å². The number of hydrogen-bond acceptors (Lipinski definition) is 4. The molecular formula is C35H44F3N2O4+. The molecule has 2 aliphatic heterocycles. The Labute approximate surface area is 257 Å². The maximum Gasteiger partial charge on any atom is 0.421 e. The molecule has 1 amide bonds. The Kier molecular flexibility index (Phi) is 6.96. The number of allylic oxidation sites excluding steroid dienone is 2. The fraction of sp³-hybridized carbons (Fsp3) is 0.629. The lowest BCUT2D eigenvalue weighted by molar-refractivity contribution is -0.972. The summed E-state index contributed by atoms with van der Waals surface area (Å²) in [4.78, 5) is 13.8. The van der Waals surface area contributed by atoms with Crippen molar-refractivity contribution in [2.24, 2.45) is 23.2 Å². The van der Waals surface area contributed by atoms with Crippen LogP contribution in [-0.2, 0) is 14.3 Å². The third-order valence-electron chi connectivity index (χ3n) is 11.7. The molecule has 238 valence electrons. The number of methoxy groups -OCH3 is 1. The lowest BCUT2D eigenvalue weighted by Gasteiger charge is -2.68. The van der Waals surface area contributed by atoms with E-state index in [1.54, 1.807) is 24.3 Å². The predicted molar refractivity (Wildman–Crippen MR) is 160 cm³/mol. The van der Waals surface area contributed by atoms with Gasteiger partial charge in [0.2, 0.25) is 5.72 Å². The quantitative estimate of drug-likeness (QED) is 0.284. The van der Waals surface area contributed by atoms with E-state index in [1.807, 2.05) is 6.08 Å². The van der Waals surface area contributed by atoms with E-state index < -0.39 is 46.4 Å². The fourth-order valence-electron chi connectivity index (χ4n) is 10.2. The van der Waals surface area contributed by atoms with Gasteiger partial charge < -0.3 is 24.4 Å². The highest BCUT2D eigenvalue weighted by molar-refractivity contribution is 5.99. The molecule has 3 saturated carbocycles. The molecule has 2 saturated heterocycles. The Bertz CT molecular complexity index is 1410. The molecule has 1 aromatic carbocycles. The van der Waals surface area contributed by atoms with Gasteiger partial charge in [-0.1, -0.05) is 55.8 Å². The van der Waals surface area contributed by atoms with E-state index in [0.717, 1.165) is 42.2 Å². The summed E-state index contributed by atoms with van der Waals surface area (Å²) in [5, 5.41) is 15.9. The number of nitrogens with one attached hydrogen (secondary N) is 1. The van der Waals surface area contributed by atoms with Gasteiger partial charge in [0.1, 0.15) is 23.0 Å². The largest absolute Gasteiger partial charge is 0.496 e. The van der Waals surface area contributed by atoms with Crippen molar-refractivity contribution in [2.75, 3.05) is 26.7 Å². The van der Waals surface area contributed by atoms with Gasteiger partial charge in [-0.15, -0.1) is 0 Å². The van der Waals surface area contributed by atoms with E-state index in [4.69, 9.17) is 9.47 Å². The SMILES string of the molecule is COC1=CC=C2C[C@@H]3C4(O)CCC[C@@H]5OC1(NC(=O)C(=Cc1ccccc1)C(F)(F)F)C2[C@@]54CC[N+]3(CC(C)C)CC1CC1. The van der Waals surface area contributed by atoms with Crippen molar-refractivity contribution in [2.45, 2.75) is 88.4 Å². The molecule has 2 N–H and O–H groups in total. The summed E-state index contributed by atoms with van der Waals surface area (Å²) in [6, 6.07) is 8.02. The minimum atomic E-state index is -4.90. The molecule has 6 aliphatic rings. The van der Waals surface area contributed by atoms with Gasteiger partial charge in [-0.05, 0) is 49.8 Å². The number of alkyl halides is 3. The molecular weight excluding hydrogens is 569 g/mol. The van der Waals surface area contributed by atoms with Crippen molar-refractivity contribution in [3.8, 4) is 0 Å². The summed E-state index contributed by atoms with van der Waals surface area (Å²) < 4.78 is 57.0. The molecule has 4 unspecified atom stereocenters. The van der Waals surface area contributed by atoms with Gasteiger partial charge in [-0.25, -0.2) is 0 Å². The second-order valence-corrected chi connectivity index (χ2v) is 14.6. The van der Waals surface area contributed by atoms with Crippen LogP contribution in [0.1, 0.15) is 64.4 Å². The third kappa shape index (κ3) is 4.28. The van der Waals surface area contributed by atoms with Crippen molar-refractivity contribution >= 4 is 12.0 Å². The fourth-order valence-corrected chi connectivity index (χ4v) is 10.2. The van der Waals surface area contributed by atoms with Crippen molar-refractivity contribution < 1.29 is 37.0 Å². The zero-order chi connectivity index (χ0) is 31.1. The van der Waals surface area contributed by atoms with Crippen molar-refractivity contribution in [3.05, 3.63) is 65.0 Å². The maximum atomic E-state index is 14.5. The molecule has 4 aliphatic carbocycles. The molecule has 1 spiro atoms. The number of benzene rings is 1. The molecule has 7 atom stereocenters. The van der Waals surface area contributed by atoms with Crippen LogP contribution in [0.3, 0.4) is 0 Å². The molecule has 2 bridgehead atoms. The topological polar surface area (TPSA) is 67.8 Å². The number of amides is 1. The van der Waals surface area contributed by atoms with Crippen molar-refractivity contribution in [1.82, 2.24) is 5.32 Å². The number of quaternary nitrogens is 1. The standard InChI is InChI=1S/C35H43F3N2O4/c1-22(2)20-40(21-24-11-12-24)17-16-32-28-10-7-15-33(32,42)27(40)19-25-13-14-29(43-3)34(44-28,30(25)32)39-31(41)26(35(36,37)38)18-23-8-5-4-6-9-23/h4-6,8-9,13-14,18,22,24,27-28,30,42H,7,10-12,15-17,19-21H2,1-3H3/p+1/t27-,28+,30?,32-,33?,34?,40?/m1/s1. The van der Waals surface area contributed by atoms with E-state index in [1.165, 1.54) is 32.1 Å². The van der Waals surface area contributed by atoms with E-state index in [0.29, 0.717) is 37.5 Å². The highest BCUT2D eigenvalue weighted by Crippen LogP contribution is 2.72. The monoisotopic (exact) mass is 613 g/mol. The van der Waals surface area contributed by atoms with Crippen LogP contribution in [-0.4, -0.2) is 71.9 Å². The van der Waals surface area contributed by atoms with Crippen LogP contribution >= 0.6 is 0 Å². The minimum absolute atomic E-state index is 0.0270. The molecule has 0 aromatic heterocycles. The van der Waals surface area contributed by atoms with Gasteiger partial charge in [0.25, 0.3) is 5.91 Å². The number of hydrogen-bond donors (Lipinski definition) is 2. The number of piperidine rings is 1. The molecule has 5 fully saturated rings. The van der Waals surface area contributed by atoms with Crippen molar-refractivity contribution in [1.29, 1.82) is 0 Å². The Balaban J connectivity index is 1.34. The first-order valence-electron chi connectivity index (χ1n) is 16.3. The van der Waals surface area contributed by atoms with Crippen LogP contribution < -0.4 is 5.32 Å². The van der Waals surface area contributed by atoms with E-state index in [-0.39, 0.29) is 17.4 Å². The van der Waals surface area contributed by atoms with E-state index >= 15 is 0 Å². The number of carbonyl (C=O) groups is 1. The summed E-state index contributed by atoms with van der Waals surface area (Å²) in [7, 11) is 1.46. The molecule has 1 aromatic rings. The number of carbonyl (C=O) groups excluding carboxylic acids is 1. The van der Waals surface area contributed by atoms with Crippen LogP contribution in [0, 0.1) is 23.2 Å². The number of likely N-dealkylation sites (tertiary alicyclic amines) is 1. The normalized spacial score (nSPS) is 39.4. The number of ether oxygens (including phenoxy) is 2. The minimum Gasteiger partial charge on any atom is -0.496 e. The number of halogens is 3. The molecule has 6 nitrogen and oxygen atoms in total. The van der Waals surface area contributed by atoms with E-state index in [9.17, 15) is 23.1 Å². The molecule has 9 heteroatoms. The van der Waals surface area contributed by atoms with Crippen LogP contribution in [0.15, 0.2) is 59.4 Å². The van der Waals surface area contributed by atoms with E-state index in [2.05, 4.69) is 19.2 Å². The Morgan fingerprint density at radius 2 is 1.93 bits per heavy atom. The van der Waals surface area contributed by atoms with Gasteiger partial charge in [0.05, 0.1) is 32.8 Å². The molecule has 7 rings (SSSR count).